The predicted octanol–water partition coefficient (Wildman–Crippen LogP) is 2.46. The Morgan fingerprint density at radius 3 is 2.31 bits per heavy atom. The molecule has 0 unspecified atom stereocenters. The van der Waals surface area contributed by atoms with Crippen LogP contribution in [0.4, 0.5) is 0 Å². The minimum Gasteiger partial charge on any atom is -0.341 e. The van der Waals surface area contributed by atoms with Crippen molar-refractivity contribution in [1.82, 2.24) is 9.21 Å². The van der Waals surface area contributed by atoms with Gasteiger partial charge in [0.25, 0.3) is 0 Å². The average Bonchev–Trinajstić information content (AvgIpc) is 2.90. The summed E-state index contributed by atoms with van der Waals surface area (Å²) in [6.45, 7) is 3.71. The van der Waals surface area contributed by atoms with Crippen LogP contribution in [0.25, 0.3) is 0 Å². The zero-order valence-corrected chi connectivity index (χ0v) is 15.8. The van der Waals surface area contributed by atoms with E-state index in [4.69, 9.17) is 0 Å². The Morgan fingerprint density at radius 2 is 1.62 bits per heavy atom. The lowest BCUT2D eigenvalue weighted by molar-refractivity contribution is -0.130. The summed E-state index contributed by atoms with van der Waals surface area (Å²) >= 11 is 0. The maximum absolute atomic E-state index is 12.8. The molecule has 0 bridgehead atoms. The normalized spacial score (nSPS) is 16.3. The van der Waals surface area contributed by atoms with Crippen LogP contribution >= 0.6 is 0 Å². The number of sulfonamides is 1. The van der Waals surface area contributed by atoms with Gasteiger partial charge in [-0.05, 0) is 31.0 Å². The first kappa shape index (κ1) is 18.6. The number of carbonyl (C=O) groups is 1. The molecule has 26 heavy (non-hydrogen) atoms. The fourth-order valence-electron chi connectivity index (χ4n) is 3.13. The number of amides is 1. The molecule has 5 nitrogen and oxygen atoms in total. The smallest absolute Gasteiger partial charge is 0.243 e. The molecule has 0 radical (unpaired) electrons. The lowest BCUT2D eigenvalue weighted by Crippen LogP contribution is -2.38. The van der Waals surface area contributed by atoms with Gasteiger partial charge >= 0.3 is 0 Å². The Balaban J connectivity index is 1.66. The minimum absolute atomic E-state index is 0.0470. The van der Waals surface area contributed by atoms with Crippen molar-refractivity contribution in [3.8, 4) is 0 Å². The van der Waals surface area contributed by atoms with Crippen LogP contribution in [0.15, 0.2) is 59.5 Å². The summed E-state index contributed by atoms with van der Waals surface area (Å²) in [5, 5.41) is 0. The third-order valence-corrected chi connectivity index (χ3v) is 6.58. The largest absolute Gasteiger partial charge is 0.341 e. The molecule has 2 aromatic rings. The van der Waals surface area contributed by atoms with E-state index in [1.54, 1.807) is 29.2 Å². The summed E-state index contributed by atoms with van der Waals surface area (Å²) in [6.07, 6.45) is 0.997. The molecule has 0 atom stereocenters. The van der Waals surface area contributed by atoms with E-state index in [9.17, 15) is 13.2 Å². The number of benzene rings is 2. The molecule has 1 fully saturated rings. The third kappa shape index (κ3) is 4.31. The molecule has 0 aliphatic carbocycles. The second-order valence-corrected chi connectivity index (χ2v) is 8.55. The number of nitrogens with zero attached hydrogens (tertiary/aromatic N) is 2. The molecule has 138 valence electrons. The quantitative estimate of drug-likeness (QED) is 0.828. The van der Waals surface area contributed by atoms with E-state index < -0.39 is 10.0 Å². The number of carbonyl (C=O) groups excluding carboxylic acids is 1. The Kier molecular flexibility index (Phi) is 5.74. The van der Waals surface area contributed by atoms with E-state index in [2.05, 4.69) is 0 Å². The van der Waals surface area contributed by atoms with Crippen molar-refractivity contribution in [3.63, 3.8) is 0 Å². The third-order valence-electron chi connectivity index (χ3n) is 4.66. The molecule has 1 aliphatic heterocycles. The molecule has 2 aromatic carbocycles. The van der Waals surface area contributed by atoms with Crippen LogP contribution in [0.2, 0.25) is 0 Å². The van der Waals surface area contributed by atoms with Crippen molar-refractivity contribution in [2.45, 2.75) is 24.7 Å². The second kappa shape index (κ2) is 8.01. The topological polar surface area (TPSA) is 57.7 Å². The van der Waals surface area contributed by atoms with Crippen LogP contribution in [0.5, 0.6) is 0 Å². The summed E-state index contributed by atoms with van der Waals surface area (Å²) in [5.74, 6) is 0.0470. The molecule has 0 aromatic heterocycles. The molecule has 3 rings (SSSR count). The summed E-state index contributed by atoms with van der Waals surface area (Å²) < 4.78 is 27.2. The minimum atomic E-state index is -3.51. The first-order chi connectivity index (χ1) is 12.5. The van der Waals surface area contributed by atoms with Crippen molar-refractivity contribution >= 4 is 15.9 Å². The number of hydrogen-bond acceptors (Lipinski definition) is 3. The summed E-state index contributed by atoms with van der Waals surface area (Å²) in [5.41, 5.74) is 2.00. The van der Waals surface area contributed by atoms with Gasteiger partial charge in [0.1, 0.15) is 0 Å². The maximum Gasteiger partial charge on any atom is 0.243 e. The first-order valence-corrected chi connectivity index (χ1v) is 10.3. The van der Waals surface area contributed by atoms with Crippen molar-refractivity contribution < 1.29 is 13.2 Å². The molecule has 6 heteroatoms. The van der Waals surface area contributed by atoms with E-state index in [0.29, 0.717) is 43.9 Å². The molecule has 1 amide bonds. The van der Waals surface area contributed by atoms with Crippen molar-refractivity contribution in [2.75, 3.05) is 26.2 Å². The Bertz CT molecular complexity index is 848. The molecular formula is C20H24N2O3S. The first-order valence-electron chi connectivity index (χ1n) is 8.85. The maximum atomic E-state index is 12.8. The molecule has 1 heterocycles. The highest BCUT2D eigenvalue weighted by Gasteiger charge is 2.28. The number of rotatable bonds is 4. The average molecular weight is 372 g/mol. The molecule has 0 saturated carbocycles. The Morgan fingerprint density at radius 1 is 0.923 bits per heavy atom. The predicted molar refractivity (Wildman–Crippen MR) is 101 cm³/mol. The summed E-state index contributed by atoms with van der Waals surface area (Å²) in [4.78, 5) is 14.6. The lowest BCUT2D eigenvalue weighted by Gasteiger charge is -2.22. The molecular weight excluding hydrogens is 348 g/mol. The van der Waals surface area contributed by atoms with E-state index in [-0.39, 0.29) is 5.91 Å². The van der Waals surface area contributed by atoms with Crippen molar-refractivity contribution in [3.05, 3.63) is 65.7 Å². The zero-order chi connectivity index (χ0) is 18.6. The molecule has 1 aliphatic rings. The standard InChI is InChI=1S/C20H24N2O3S/c1-17-8-10-19(11-9-17)26(24,25)22-13-5-12-21(14-15-22)20(23)16-18-6-3-2-4-7-18/h2-4,6-11H,5,12-16H2,1H3. The molecule has 0 N–H and O–H groups in total. The molecule has 0 spiro atoms. The van der Waals surface area contributed by atoms with E-state index in [1.165, 1.54) is 4.31 Å². The van der Waals surface area contributed by atoms with Crippen LogP contribution in [0, 0.1) is 6.92 Å². The van der Waals surface area contributed by atoms with E-state index in [0.717, 1.165) is 11.1 Å². The van der Waals surface area contributed by atoms with Gasteiger partial charge in [0.2, 0.25) is 15.9 Å². The van der Waals surface area contributed by atoms with E-state index >= 15 is 0 Å². The highest BCUT2D eigenvalue weighted by atomic mass is 32.2. The van der Waals surface area contributed by atoms with Gasteiger partial charge in [0, 0.05) is 26.2 Å². The SMILES string of the molecule is Cc1ccc(S(=O)(=O)N2CCCN(C(=O)Cc3ccccc3)CC2)cc1. The highest BCUT2D eigenvalue weighted by Crippen LogP contribution is 2.18. The zero-order valence-electron chi connectivity index (χ0n) is 15.0. The van der Waals surface area contributed by atoms with Crippen molar-refractivity contribution in [1.29, 1.82) is 0 Å². The highest BCUT2D eigenvalue weighted by molar-refractivity contribution is 7.89. The van der Waals surface area contributed by atoms with Crippen LogP contribution in [0.1, 0.15) is 17.5 Å². The van der Waals surface area contributed by atoms with Crippen LogP contribution in [-0.4, -0.2) is 49.7 Å². The van der Waals surface area contributed by atoms with Crippen LogP contribution < -0.4 is 0 Å². The van der Waals surface area contributed by atoms with Gasteiger partial charge in [-0.3, -0.25) is 4.79 Å². The fraction of sp³-hybridized carbons (Fsp3) is 0.350. The summed E-state index contributed by atoms with van der Waals surface area (Å²) in [7, 11) is -3.51. The lowest BCUT2D eigenvalue weighted by atomic mass is 10.1. The van der Waals surface area contributed by atoms with Crippen LogP contribution in [-0.2, 0) is 21.2 Å². The number of aryl methyl sites for hydroxylation is 1. The van der Waals surface area contributed by atoms with Crippen molar-refractivity contribution in [2.24, 2.45) is 0 Å². The Hall–Kier alpha value is -2.18. The molecule has 1 saturated heterocycles. The fourth-order valence-corrected chi connectivity index (χ4v) is 4.59. The van der Waals surface area contributed by atoms with Gasteiger partial charge in [-0.15, -0.1) is 0 Å². The van der Waals surface area contributed by atoms with Gasteiger partial charge in [-0.25, -0.2) is 8.42 Å². The van der Waals surface area contributed by atoms with Gasteiger partial charge < -0.3 is 4.90 Å². The van der Waals surface area contributed by atoms with Gasteiger partial charge in [-0.1, -0.05) is 48.0 Å². The Labute approximate surface area is 155 Å². The second-order valence-electron chi connectivity index (χ2n) is 6.61. The van der Waals surface area contributed by atoms with Crippen LogP contribution in [0.3, 0.4) is 0 Å². The summed E-state index contributed by atoms with van der Waals surface area (Å²) in [6, 6.07) is 16.5. The van der Waals surface area contributed by atoms with Gasteiger partial charge in [0.15, 0.2) is 0 Å². The monoisotopic (exact) mass is 372 g/mol. The van der Waals surface area contributed by atoms with Gasteiger partial charge in [-0.2, -0.15) is 4.31 Å². The number of hydrogen-bond donors (Lipinski definition) is 0. The van der Waals surface area contributed by atoms with E-state index in [1.807, 2.05) is 37.3 Å². The van der Waals surface area contributed by atoms with Gasteiger partial charge in [0.05, 0.1) is 11.3 Å².